The van der Waals surface area contributed by atoms with Crippen molar-refractivity contribution in [3.8, 4) is 0 Å². The number of nitrogens with zero attached hydrogens (tertiary/aromatic N) is 2. The molecular formula is C9H14N2O3. The molecule has 1 aromatic heterocycles. The maximum absolute atomic E-state index is 11.1. The van der Waals surface area contributed by atoms with Crippen LogP contribution in [0.3, 0.4) is 0 Å². The average molecular weight is 198 g/mol. The van der Waals surface area contributed by atoms with Crippen LogP contribution in [0.25, 0.3) is 0 Å². The number of ether oxygens (including phenoxy) is 1. The third-order valence-electron chi connectivity index (χ3n) is 2.26. The number of carboxylic acids is 1. The number of hydrogen-bond acceptors (Lipinski definition) is 3. The van der Waals surface area contributed by atoms with Gasteiger partial charge < -0.3 is 9.84 Å². The molecule has 1 unspecified atom stereocenters. The Balaban J connectivity index is 2.87. The first-order chi connectivity index (χ1) is 6.61. The lowest BCUT2D eigenvalue weighted by molar-refractivity contribution is -0.148. The summed E-state index contributed by atoms with van der Waals surface area (Å²) < 4.78 is 6.32. The van der Waals surface area contributed by atoms with Crippen molar-refractivity contribution in [2.45, 2.75) is 18.9 Å². The molecule has 1 aromatic rings. The van der Waals surface area contributed by atoms with Crippen molar-refractivity contribution in [1.29, 1.82) is 0 Å². The summed E-state index contributed by atoms with van der Waals surface area (Å²) in [5, 5.41) is 13.1. The Morgan fingerprint density at radius 3 is 2.86 bits per heavy atom. The van der Waals surface area contributed by atoms with Crippen LogP contribution in [0, 0.1) is 0 Å². The largest absolute Gasteiger partial charge is 0.479 e. The van der Waals surface area contributed by atoms with Crippen molar-refractivity contribution in [2.24, 2.45) is 0 Å². The van der Waals surface area contributed by atoms with Crippen LogP contribution in [0.1, 0.15) is 13.3 Å². The Morgan fingerprint density at radius 2 is 2.43 bits per heavy atom. The molecule has 1 heterocycles. The van der Waals surface area contributed by atoms with Crippen LogP contribution in [-0.4, -0.2) is 34.6 Å². The smallest absolute Gasteiger partial charge is 0.331 e. The van der Waals surface area contributed by atoms with Gasteiger partial charge in [-0.3, -0.25) is 4.68 Å². The van der Waals surface area contributed by atoms with E-state index in [1.807, 2.05) is 0 Å². The van der Waals surface area contributed by atoms with Gasteiger partial charge >= 0.3 is 5.97 Å². The summed E-state index contributed by atoms with van der Waals surface area (Å²) in [5.74, 6) is -0.904. The van der Waals surface area contributed by atoms with E-state index in [-0.39, 0.29) is 0 Å². The lowest BCUT2D eigenvalue weighted by Crippen LogP contribution is -2.40. The van der Waals surface area contributed by atoms with Crippen LogP contribution in [0.4, 0.5) is 0 Å². The van der Waals surface area contributed by atoms with Crippen LogP contribution in [0.5, 0.6) is 0 Å². The zero-order valence-electron chi connectivity index (χ0n) is 8.30. The van der Waals surface area contributed by atoms with Gasteiger partial charge in [-0.05, 0) is 13.0 Å². The fourth-order valence-electron chi connectivity index (χ4n) is 1.18. The summed E-state index contributed by atoms with van der Waals surface area (Å²) in [4.78, 5) is 11.1. The number of aromatic nitrogens is 2. The molecule has 0 fully saturated rings. The summed E-state index contributed by atoms with van der Waals surface area (Å²) in [7, 11) is 1.55. The Labute approximate surface area is 82.3 Å². The Kier molecular flexibility index (Phi) is 3.24. The van der Waals surface area contributed by atoms with Crippen molar-refractivity contribution in [3.63, 3.8) is 0 Å². The number of aliphatic carboxylic acids is 1. The zero-order valence-corrected chi connectivity index (χ0v) is 8.30. The van der Waals surface area contributed by atoms with Crippen LogP contribution < -0.4 is 0 Å². The minimum atomic E-state index is -1.03. The number of rotatable bonds is 5. The monoisotopic (exact) mass is 198 g/mol. The van der Waals surface area contributed by atoms with E-state index in [1.54, 1.807) is 32.5 Å². The standard InChI is InChI=1S/C9H14N2O3/c1-9(8(12)13,4-7-14-2)11-6-3-5-10-11/h3,5-6H,4,7H2,1-2H3,(H,12,13). The molecule has 0 radical (unpaired) electrons. The molecule has 5 heteroatoms. The molecule has 0 aliphatic heterocycles. The minimum Gasteiger partial charge on any atom is -0.479 e. The van der Waals surface area contributed by atoms with E-state index in [2.05, 4.69) is 5.10 Å². The van der Waals surface area contributed by atoms with E-state index < -0.39 is 11.5 Å². The third kappa shape index (κ3) is 1.93. The van der Waals surface area contributed by atoms with Gasteiger partial charge in [0.05, 0.1) is 0 Å². The Bertz CT molecular complexity index is 297. The molecule has 1 atom stereocenters. The Morgan fingerprint density at radius 1 is 1.71 bits per heavy atom. The molecule has 0 aliphatic rings. The van der Waals surface area contributed by atoms with Gasteiger partial charge in [-0.25, -0.2) is 4.79 Å². The summed E-state index contributed by atoms with van der Waals surface area (Å²) in [6.45, 7) is 2.02. The van der Waals surface area contributed by atoms with Gasteiger partial charge in [-0.2, -0.15) is 5.10 Å². The normalized spacial score (nSPS) is 15.0. The minimum absolute atomic E-state index is 0.389. The Hall–Kier alpha value is -1.36. The third-order valence-corrected chi connectivity index (χ3v) is 2.26. The molecule has 0 bridgehead atoms. The van der Waals surface area contributed by atoms with Gasteiger partial charge in [0.15, 0.2) is 5.54 Å². The number of hydrogen-bond donors (Lipinski definition) is 1. The molecule has 0 saturated carbocycles. The van der Waals surface area contributed by atoms with Crippen LogP contribution in [0.15, 0.2) is 18.5 Å². The van der Waals surface area contributed by atoms with Crippen LogP contribution in [0.2, 0.25) is 0 Å². The molecule has 0 spiro atoms. The SMILES string of the molecule is COCCC(C)(C(=O)O)n1cccn1. The van der Waals surface area contributed by atoms with E-state index in [4.69, 9.17) is 9.84 Å². The van der Waals surface area contributed by atoms with E-state index in [9.17, 15) is 4.79 Å². The molecule has 14 heavy (non-hydrogen) atoms. The van der Waals surface area contributed by atoms with Crippen molar-refractivity contribution in [3.05, 3.63) is 18.5 Å². The van der Waals surface area contributed by atoms with E-state index >= 15 is 0 Å². The average Bonchev–Trinajstić information content (AvgIpc) is 2.66. The lowest BCUT2D eigenvalue weighted by Gasteiger charge is -2.24. The maximum Gasteiger partial charge on any atom is 0.331 e. The second-order valence-corrected chi connectivity index (χ2v) is 3.27. The number of carboxylic acid groups (broad SMARTS) is 1. The maximum atomic E-state index is 11.1. The summed E-state index contributed by atoms with van der Waals surface area (Å²) in [6.07, 6.45) is 3.60. The van der Waals surface area contributed by atoms with Crippen molar-refractivity contribution >= 4 is 5.97 Å². The highest BCUT2D eigenvalue weighted by Gasteiger charge is 2.35. The second-order valence-electron chi connectivity index (χ2n) is 3.27. The molecule has 78 valence electrons. The molecule has 0 amide bonds. The van der Waals surface area contributed by atoms with Gasteiger partial charge in [-0.15, -0.1) is 0 Å². The molecule has 1 rings (SSSR count). The van der Waals surface area contributed by atoms with Gasteiger partial charge in [0, 0.05) is 32.5 Å². The number of methoxy groups -OCH3 is 1. The predicted molar refractivity (Wildman–Crippen MR) is 50.0 cm³/mol. The van der Waals surface area contributed by atoms with Gasteiger partial charge in [0.2, 0.25) is 0 Å². The van der Waals surface area contributed by atoms with Crippen LogP contribution >= 0.6 is 0 Å². The molecule has 5 nitrogen and oxygen atoms in total. The summed E-state index contributed by atoms with van der Waals surface area (Å²) >= 11 is 0. The topological polar surface area (TPSA) is 64.3 Å². The predicted octanol–water partition coefficient (Wildman–Crippen LogP) is 0.719. The first kappa shape index (κ1) is 10.7. The first-order valence-corrected chi connectivity index (χ1v) is 4.33. The fourth-order valence-corrected chi connectivity index (χ4v) is 1.18. The lowest BCUT2D eigenvalue weighted by atomic mass is 9.99. The van der Waals surface area contributed by atoms with E-state index in [0.29, 0.717) is 13.0 Å². The highest BCUT2D eigenvalue weighted by Crippen LogP contribution is 2.19. The molecular weight excluding hydrogens is 184 g/mol. The molecule has 0 aliphatic carbocycles. The number of carbonyl (C=O) groups is 1. The second kappa shape index (κ2) is 4.23. The van der Waals surface area contributed by atoms with E-state index in [0.717, 1.165) is 0 Å². The summed E-state index contributed by atoms with van der Waals surface area (Å²) in [5.41, 5.74) is -1.03. The molecule has 1 N–H and O–H groups in total. The van der Waals surface area contributed by atoms with Crippen LogP contribution in [-0.2, 0) is 15.1 Å². The van der Waals surface area contributed by atoms with Crippen molar-refractivity contribution in [1.82, 2.24) is 9.78 Å². The zero-order chi connectivity index (χ0) is 10.6. The summed E-state index contributed by atoms with van der Waals surface area (Å²) in [6, 6.07) is 1.70. The molecule has 0 saturated heterocycles. The highest BCUT2D eigenvalue weighted by atomic mass is 16.5. The fraction of sp³-hybridized carbons (Fsp3) is 0.556. The molecule has 0 aromatic carbocycles. The van der Waals surface area contributed by atoms with E-state index in [1.165, 1.54) is 4.68 Å². The highest BCUT2D eigenvalue weighted by molar-refractivity contribution is 5.76. The van der Waals surface area contributed by atoms with Gasteiger partial charge in [0.25, 0.3) is 0 Å². The van der Waals surface area contributed by atoms with Crippen molar-refractivity contribution < 1.29 is 14.6 Å². The first-order valence-electron chi connectivity index (χ1n) is 4.33. The quantitative estimate of drug-likeness (QED) is 0.757. The van der Waals surface area contributed by atoms with Gasteiger partial charge in [0.1, 0.15) is 0 Å². The van der Waals surface area contributed by atoms with Gasteiger partial charge in [-0.1, -0.05) is 0 Å². The van der Waals surface area contributed by atoms with Crippen molar-refractivity contribution in [2.75, 3.05) is 13.7 Å².